The first-order valence-electron chi connectivity index (χ1n) is 8.96. The third kappa shape index (κ3) is 7.42. The molecular formula is C20H21IN4O3S. The van der Waals surface area contributed by atoms with Gasteiger partial charge in [0.15, 0.2) is 5.11 Å². The summed E-state index contributed by atoms with van der Waals surface area (Å²) in [4.78, 5) is 36.1. The molecule has 0 aliphatic heterocycles. The first kappa shape index (κ1) is 22.8. The fraction of sp³-hybridized carbons (Fsp3) is 0.200. The Balaban J connectivity index is 1.82. The Hall–Kier alpha value is -2.53. The first-order chi connectivity index (χ1) is 13.9. The highest BCUT2D eigenvalue weighted by molar-refractivity contribution is 14.1. The molecule has 0 aliphatic carbocycles. The number of anilines is 1. The summed E-state index contributed by atoms with van der Waals surface area (Å²) in [5, 5.41) is 5.26. The van der Waals surface area contributed by atoms with Crippen molar-refractivity contribution in [3.05, 3.63) is 63.2 Å². The molecule has 2 aromatic carbocycles. The zero-order chi connectivity index (χ0) is 21.2. The molecule has 3 amide bonds. The number of halogens is 1. The van der Waals surface area contributed by atoms with Crippen LogP contribution in [0.1, 0.15) is 46.9 Å². The standard InChI is InChI=1S/C20H21IN4O3S/c1-2-3-8-17(26)22-14-11-9-13(10-12-14)18(27)24-25-20(29)23-19(28)15-6-4-5-7-16(15)21/h4-7,9-12H,2-3,8H2,1H3,(H,22,26)(H,24,27)(H2,23,25,28,29). The lowest BCUT2D eigenvalue weighted by atomic mass is 10.2. The summed E-state index contributed by atoms with van der Waals surface area (Å²) in [6, 6.07) is 13.5. The van der Waals surface area contributed by atoms with Gasteiger partial charge in [0.25, 0.3) is 11.8 Å². The molecule has 0 fully saturated rings. The molecule has 0 atom stereocenters. The number of thiocarbonyl (C=S) groups is 1. The lowest BCUT2D eigenvalue weighted by Gasteiger charge is -2.12. The van der Waals surface area contributed by atoms with Crippen LogP contribution in [0.15, 0.2) is 48.5 Å². The second-order valence-corrected chi connectivity index (χ2v) is 7.64. The van der Waals surface area contributed by atoms with E-state index in [4.69, 9.17) is 12.2 Å². The molecule has 2 rings (SSSR count). The summed E-state index contributed by atoms with van der Waals surface area (Å²) in [5.74, 6) is -0.857. The number of hydrogen-bond acceptors (Lipinski definition) is 4. The van der Waals surface area contributed by atoms with Gasteiger partial charge in [0.2, 0.25) is 5.91 Å². The number of hydrazine groups is 1. The molecule has 0 aromatic heterocycles. The molecule has 0 aliphatic rings. The van der Waals surface area contributed by atoms with Crippen LogP contribution in [0.5, 0.6) is 0 Å². The van der Waals surface area contributed by atoms with E-state index < -0.39 is 5.91 Å². The molecule has 0 spiro atoms. The average molecular weight is 524 g/mol. The summed E-state index contributed by atoms with van der Waals surface area (Å²) in [6.45, 7) is 2.02. The molecular weight excluding hydrogens is 503 g/mol. The fourth-order valence-electron chi connectivity index (χ4n) is 2.30. The van der Waals surface area contributed by atoms with Gasteiger partial charge in [-0.05, 0) is 77.6 Å². The van der Waals surface area contributed by atoms with Crippen molar-refractivity contribution in [3.8, 4) is 0 Å². The largest absolute Gasteiger partial charge is 0.326 e. The van der Waals surface area contributed by atoms with Crippen LogP contribution in [0.25, 0.3) is 0 Å². The Morgan fingerprint density at radius 2 is 1.66 bits per heavy atom. The molecule has 0 unspecified atom stereocenters. The van der Waals surface area contributed by atoms with Gasteiger partial charge < -0.3 is 5.32 Å². The summed E-state index contributed by atoms with van der Waals surface area (Å²) >= 11 is 7.09. The average Bonchev–Trinajstić information content (AvgIpc) is 2.71. The highest BCUT2D eigenvalue weighted by Gasteiger charge is 2.12. The van der Waals surface area contributed by atoms with Gasteiger partial charge in [-0.1, -0.05) is 25.5 Å². The summed E-state index contributed by atoms with van der Waals surface area (Å²) in [7, 11) is 0. The Morgan fingerprint density at radius 3 is 2.31 bits per heavy atom. The number of carbonyl (C=O) groups is 3. The Labute approximate surface area is 188 Å². The Bertz CT molecular complexity index is 903. The number of carbonyl (C=O) groups excluding carboxylic acids is 3. The summed E-state index contributed by atoms with van der Waals surface area (Å²) in [5.41, 5.74) is 6.40. The molecule has 2 aromatic rings. The van der Waals surface area contributed by atoms with E-state index in [0.717, 1.165) is 16.4 Å². The maximum atomic E-state index is 12.2. The highest BCUT2D eigenvalue weighted by atomic mass is 127. The SMILES string of the molecule is CCCCC(=O)Nc1ccc(C(=O)NNC(=S)NC(=O)c2ccccc2I)cc1. The van der Waals surface area contributed by atoms with Gasteiger partial charge in [-0.25, -0.2) is 0 Å². The monoisotopic (exact) mass is 524 g/mol. The molecule has 0 radical (unpaired) electrons. The quantitative estimate of drug-likeness (QED) is 0.264. The van der Waals surface area contributed by atoms with Crippen molar-refractivity contribution in [2.24, 2.45) is 0 Å². The number of hydrogen-bond donors (Lipinski definition) is 4. The zero-order valence-corrected chi connectivity index (χ0v) is 18.7. The van der Waals surface area contributed by atoms with Crippen LogP contribution in [-0.4, -0.2) is 22.8 Å². The maximum Gasteiger partial charge on any atom is 0.269 e. The van der Waals surface area contributed by atoms with Crippen LogP contribution in [0.4, 0.5) is 5.69 Å². The van der Waals surface area contributed by atoms with Crippen molar-refractivity contribution in [1.29, 1.82) is 0 Å². The van der Waals surface area contributed by atoms with Crippen molar-refractivity contribution in [3.63, 3.8) is 0 Å². The van der Waals surface area contributed by atoms with E-state index in [-0.39, 0.29) is 16.9 Å². The zero-order valence-electron chi connectivity index (χ0n) is 15.8. The van der Waals surface area contributed by atoms with Crippen LogP contribution < -0.4 is 21.5 Å². The normalized spacial score (nSPS) is 10.0. The van der Waals surface area contributed by atoms with Gasteiger partial charge in [0, 0.05) is 21.2 Å². The molecule has 9 heteroatoms. The van der Waals surface area contributed by atoms with E-state index in [2.05, 4.69) is 44.1 Å². The lowest BCUT2D eigenvalue weighted by molar-refractivity contribution is -0.116. The van der Waals surface area contributed by atoms with Crippen molar-refractivity contribution in [2.75, 3.05) is 5.32 Å². The van der Waals surface area contributed by atoms with Crippen molar-refractivity contribution in [2.45, 2.75) is 26.2 Å². The van der Waals surface area contributed by atoms with Gasteiger partial charge in [-0.2, -0.15) is 0 Å². The van der Waals surface area contributed by atoms with Gasteiger partial charge >= 0.3 is 0 Å². The lowest BCUT2D eigenvalue weighted by Crippen LogP contribution is -2.48. The topological polar surface area (TPSA) is 99.3 Å². The minimum absolute atomic E-state index is 0.0252. The third-order valence-electron chi connectivity index (χ3n) is 3.82. The summed E-state index contributed by atoms with van der Waals surface area (Å²) in [6.07, 6.45) is 2.25. The molecule has 0 bridgehead atoms. The number of nitrogens with one attached hydrogen (secondary N) is 4. The number of amides is 3. The van der Waals surface area contributed by atoms with Gasteiger partial charge in [0.05, 0.1) is 5.56 Å². The van der Waals surface area contributed by atoms with Crippen LogP contribution >= 0.6 is 34.8 Å². The molecule has 0 heterocycles. The van der Waals surface area contributed by atoms with Crippen LogP contribution in [0, 0.1) is 3.57 Å². The van der Waals surface area contributed by atoms with E-state index in [1.807, 2.05) is 19.1 Å². The van der Waals surface area contributed by atoms with E-state index in [9.17, 15) is 14.4 Å². The van der Waals surface area contributed by atoms with E-state index in [1.54, 1.807) is 36.4 Å². The van der Waals surface area contributed by atoms with Crippen LogP contribution in [0.2, 0.25) is 0 Å². The second kappa shape index (κ2) is 11.5. The van der Waals surface area contributed by atoms with E-state index >= 15 is 0 Å². The Morgan fingerprint density at radius 1 is 0.966 bits per heavy atom. The molecule has 0 saturated carbocycles. The smallest absolute Gasteiger partial charge is 0.269 e. The van der Waals surface area contributed by atoms with Gasteiger partial charge in [0.1, 0.15) is 0 Å². The maximum absolute atomic E-state index is 12.2. The number of rotatable bonds is 6. The molecule has 152 valence electrons. The molecule has 7 nitrogen and oxygen atoms in total. The van der Waals surface area contributed by atoms with Crippen molar-refractivity contribution < 1.29 is 14.4 Å². The van der Waals surface area contributed by atoms with Gasteiger partial charge in [-0.15, -0.1) is 0 Å². The molecule has 29 heavy (non-hydrogen) atoms. The van der Waals surface area contributed by atoms with E-state index in [0.29, 0.717) is 23.2 Å². The second-order valence-electron chi connectivity index (χ2n) is 6.07. The predicted octanol–water partition coefficient (Wildman–Crippen LogP) is 3.37. The minimum atomic E-state index is -0.431. The number of unbranched alkanes of at least 4 members (excludes halogenated alkanes) is 1. The van der Waals surface area contributed by atoms with Gasteiger partial charge in [-0.3, -0.25) is 30.6 Å². The summed E-state index contributed by atoms with van der Waals surface area (Å²) < 4.78 is 0.788. The molecule has 4 N–H and O–H groups in total. The Kier molecular flexibility index (Phi) is 9.00. The minimum Gasteiger partial charge on any atom is -0.326 e. The predicted molar refractivity (Wildman–Crippen MR) is 124 cm³/mol. The van der Waals surface area contributed by atoms with Crippen molar-refractivity contribution in [1.82, 2.24) is 16.2 Å². The highest BCUT2D eigenvalue weighted by Crippen LogP contribution is 2.11. The van der Waals surface area contributed by atoms with Crippen LogP contribution in [-0.2, 0) is 4.79 Å². The first-order valence-corrected chi connectivity index (χ1v) is 10.5. The van der Waals surface area contributed by atoms with Crippen LogP contribution in [0.3, 0.4) is 0 Å². The number of benzene rings is 2. The van der Waals surface area contributed by atoms with E-state index in [1.165, 1.54) is 0 Å². The third-order valence-corrected chi connectivity index (χ3v) is 4.97. The van der Waals surface area contributed by atoms with Crippen molar-refractivity contribution >= 4 is 63.3 Å². The fourth-order valence-corrected chi connectivity index (χ4v) is 3.07. The molecule has 0 saturated heterocycles.